The lowest BCUT2D eigenvalue weighted by atomic mass is 9.92. The third kappa shape index (κ3) is 2.63. The van der Waals surface area contributed by atoms with E-state index in [1.165, 1.54) is 0 Å². The molecule has 1 rings (SSSR count). The first-order valence-electron chi connectivity index (χ1n) is 5.22. The summed E-state index contributed by atoms with van der Waals surface area (Å²) in [5.74, 6) is 1.30. The quantitative estimate of drug-likeness (QED) is 0.800. The summed E-state index contributed by atoms with van der Waals surface area (Å²) in [4.78, 5) is 0. The van der Waals surface area contributed by atoms with Crippen molar-refractivity contribution < 1.29 is 9.84 Å². The zero-order valence-corrected chi connectivity index (χ0v) is 9.53. The minimum Gasteiger partial charge on any atom is -0.508 e. The standard InChI is InChI=1S/C12H19NO2/c1-4-8(2)12(13)10-7-9(15-3)5-6-11(10)14/h5-8,12,14H,4,13H2,1-3H3/t8?,12-/m1/s1. The Labute approximate surface area is 90.9 Å². The van der Waals surface area contributed by atoms with Gasteiger partial charge < -0.3 is 15.6 Å². The molecule has 0 aliphatic carbocycles. The highest BCUT2D eigenvalue weighted by Crippen LogP contribution is 2.31. The second kappa shape index (κ2) is 5.03. The summed E-state index contributed by atoms with van der Waals surface area (Å²) in [6.45, 7) is 4.16. The molecular formula is C12H19NO2. The van der Waals surface area contributed by atoms with Crippen molar-refractivity contribution in [2.45, 2.75) is 26.3 Å². The number of aromatic hydroxyl groups is 1. The topological polar surface area (TPSA) is 55.5 Å². The number of benzene rings is 1. The van der Waals surface area contributed by atoms with Crippen molar-refractivity contribution in [1.82, 2.24) is 0 Å². The lowest BCUT2D eigenvalue weighted by molar-refractivity contribution is 0.398. The fourth-order valence-corrected chi connectivity index (χ4v) is 1.49. The van der Waals surface area contributed by atoms with Crippen molar-refractivity contribution in [1.29, 1.82) is 0 Å². The van der Waals surface area contributed by atoms with Crippen LogP contribution in [-0.2, 0) is 0 Å². The average Bonchev–Trinajstić information content (AvgIpc) is 2.27. The van der Waals surface area contributed by atoms with Crippen LogP contribution in [0, 0.1) is 5.92 Å². The smallest absolute Gasteiger partial charge is 0.120 e. The van der Waals surface area contributed by atoms with Crippen LogP contribution in [-0.4, -0.2) is 12.2 Å². The van der Waals surface area contributed by atoms with Crippen LogP contribution in [0.3, 0.4) is 0 Å². The van der Waals surface area contributed by atoms with Crippen molar-refractivity contribution in [3.05, 3.63) is 23.8 Å². The van der Waals surface area contributed by atoms with Crippen LogP contribution >= 0.6 is 0 Å². The van der Waals surface area contributed by atoms with Gasteiger partial charge in [0, 0.05) is 11.6 Å². The first-order chi connectivity index (χ1) is 7.10. The zero-order chi connectivity index (χ0) is 11.4. The minimum atomic E-state index is -0.148. The number of rotatable bonds is 4. The van der Waals surface area contributed by atoms with Gasteiger partial charge in [-0.3, -0.25) is 0 Å². The molecule has 2 atom stereocenters. The van der Waals surface area contributed by atoms with Crippen LogP contribution in [0.1, 0.15) is 31.9 Å². The average molecular weight is 209 g/mol. The Bertz CT molecular complexity index is 325. The first-order valence-corrected chi connectivity index (χ1v) is 5.22. The summed E-state index contributed by atoms with van der Waals surface area (Å²) in [7, 11) is 1.60. The number of nitrogens with two attached hydrogens (primary N) is 1. The van der Waals surface area contributed by atoms with E-state index in [0.29, 0.717) is 5.92 Å². The molecule has 1 aromatic rings. The molecule has 0 bridgehead atoms. The molecule has 1 unspecified atom stereocenters. The van der Waals surface area contributed by atoms with Gasteiger partial charge >= 0.3 is 0 Å². The number of phenols is 1. The van der Waals surface area contributed by atoms with E-state index >= 15 is 0 Å². The third-order valence-corrected chi connectivity index (χ3v) is 2.85. The number of hydrogen-bond donors (Lipinski definition) is 2. The van der Waals surface area contributed by atoms with E-state index in [1.807, 2.05) is 0 Å². The van der Waals surface area contributed by atoms with Gasteiger partial charge in [-0.15, -0.1) is 0 Å². The molecule has 0 fully saturated rings. The Balaban J connectivity index is 3.01. The number of methoxy groups -OCH3 is 1. The predicted molar refractivity (Wildman–Crippen MR) is 61.0 cm³/mol. The molecule has 1 aromatic carbocycles. The van der Waals surface area contributed by atoms with Gasteiger partial charge in [-0.2, -0.15) is 0 Å². The molecule has 0 saturated carbocycles. The molecule has 15 heavy (non-hydrogen) atoms. The minimum absolute atomic E-state index is 0.148. The van der Waals surface area contributed by atoms with Crippen molar-refractivity contribution in [2.75, 3.05) is 7.11 Å². The lowest BCUT2D eigenvalue weighted by Gasteiger charge is -2.20. The van der Waals surface area contributed by atoms with E-state index in [2.05, 4.69) is 13.8 Å². The first kappa shape index (κ1) is 11.9. The normalized spacial score (nSPS) is 14.7. The highest BCUT2D eigenvalue weighted by Gasteiger charge is 2.17. The van der Waals surface area contributed by atoms with Gasteiger partial charge in [0.2, 0.25) is 0 Å². The van der Waals surface area contributed by atoms with Gasteiger partial charge in [-0.25, -0.2) is 0 Å². The molecule has 84 valence electrons. The van der Waals surface area contributed by atoms with E-state index in [1.54, 1.807) is 25.3 Å². The van der Waals surface area contributed by atoms with Crippen LogP contribution in [0.15, 0.2) is 18.2 Å². The van der Waals surface area contributed by atoms with Crippen molar-refractivity contribution in [3.63, 3.8) is 0 Å². The Hall–Kier alpha value is -1.22. The van der Waals surface area contributed by atoms with E-state index in [-0.39, 0.29) is 11.8 Å². The SMILES string of the molecule is CCC(C)[C@@H](N)c1cc(OC)ccc1O. The summed E-state index contributed by atoms with van der Waals surface area (Å²) in [5, 5.41) is 9.71. The van der Waals surface area contributed by atoms with Crippen LogP contribution in [0.25, 0.3) is 0 Å². The molecule has 3 nitrogen and oxygen atoms in total. The zero-order valence-electron chi connectivity index (χ0n) is 9.53. The van der Waals surface area contributed by atoms with Crippen LogP contribution in [0.2, 0.25) is 0 Å². The van der Waals surface area contributed by atoms with Gasteiger partial charge in [0.25, 0.3) is 0 Å². The summed E-state index contributed by atoms with van der Waals surface area (Å²) >= 11 is 0. The maximum atomic E-state index is 9.71. The molecule has 0 aliphatic heterocycles. The van der Waals surface area contributed by atoms with Gasteiger partial charge in [0.1, 0.15) is 11.5 Å². The number of ether oxygens (including phenoxy) is 1. The van der Waals surface area contributed by atoms with E-state index in [0.717, 1.165) is 17.7 Å². The molecule has 0 radical (unpaired) electrons. The molecule has 0 aromatic heterocycles. The van der Waals surface area contributed by atoms with Gasteiger partial charge in [0.15, 0.2) is 0 Å². The fourth-order valence-electron chi connectivity index (χ4n) is 1.49. The van der Waals surface area contributed by atoms with E-state index in [9.17, 15) is 5.11 Å². The maximum absolute atomic E-state index is 9.71. The monoisotopic (exact) mass is 209 g/mol. The predicted octanol–water partition coefficient (Wildman–Crippen LogP) is 2.45. The molecule has 0 saturated heterocycles. The Kier molecular flexibility index (Phi) is 3.97. The highest BCUT2D eigenvalue weighted by atomic mass is 16.5. The molecule has 3 N–H and O–H groups in total. The Morgan fingerprint density at radius 2 is 2.13 bits per heavy atom. The lowest BCUT2D eigenvalue weighted by Crippen LogP contribution is -2.18. The summed E-state index contributed by atoms with van der Waals surface area (Å²) in [5.41, 5.74) is 6.81. The molecule has 0 spiro atoms. The largest absolute Gasteiger partial charge is 0.508 e. The second-order valence-electron chi connectivity index (χ2n) is 3.84. The fraction of sp³-hybridized carbons (Fsp3) is 0.500. The molecular weight excluding hydrogens is 190 g/mol. The molecule has 0 amide bonds. The Morgan fingerprint density at radius 1 is 1.47 bits per heavy atom. The Morgan fingerprint density at radius 3 is 2.67 bits per heavy atom. The molecule has 0 heterocycles. The van der Waals surface area contributed by atoms with E-state index < -0.39 is 0 Å². The van der Waals surface area contributed by atoms with Crippen LogP contribution in [0.4, 0.5) is 0 Å². The molecule has 0 aliphatic rings. The number of hydrogen-bond acceptors (Lipinski definition) is 3. The van der Waals surface area contributed by atoms with E-state index in [4.69, 9.17) is 10.5 Å². The van der Waals surface area contributed by atoms with Crippen LogP contribution in [0.5, 0.6) is 11.5 Å². The second-order valence-corrected chi connectivity index (χ2v) is 3.84. The van der Waals surface area contributed by atoms with Gasteiger partial charge in [-0.05, 0) is 24.1 Å². The number of phenolic OH excluding ortho intramolecular Hbond substituents is 1. The van der Waals surface area contributed by atoms with Crippen molar-refractivity contribution in [3.8, 4) is 11.5 Å². The summed E-state index contributed by atoms with van der Waals surface area (Å²) < 4.78 is 5.11. The van der Waals surface area contributed by atoms with Crippen molar-refractivity contribution in [2.24, 2.45) is 11.7 Å². The summed E-state index contributed by atoms with van der Waals surface area (Å²) in [6, 6.07) is 5.00. The van der Waals surface area contributed by atoms with Crippen LogP contribution < -0.4 is 10.5 Å². The third-order valence-electron chi connectivity index (χ3n) is 2.85. The van der Waals surface area contributed by atoms with Crippen molar-refractivity contribution >= 4 is 0 Å². The molecule has 3 heteroatoms. The van der Waals surface area contributed by atoms with Gasteiger partial charge in [-0.1, -0.05) is 20.3 Å². The maximum Gasteiger partial charge on any atom is 0.120 e. The van der Waals surface area contributed by atoms with Gasteiger partial charge in [0.05, 0.1) is 7.11 Å². The highest BCUT2D eigenvalue weighted by molar-refractivity contribution is 5.41. The summed E-state index contributed by atoms with van der Waals surface area (Å²) in [6.07, 6.45) is 0.984.